The second kappa shape index (κ2) is 7.52. The number of rotatable bonds is 6. The number of carbonyl (C=O) groups is 1. The van der Waals surface area contributed by atoms with Crippen LogP contribution in [0.2, 0.25) is 0 Å². The van der Waals surface area contributed by atoms with Crippen LogP contribution < -0.4 is 10.6 Å². The Hall–Kier alpha value is -1.46. The molecule has 1 aromatic rings. The van der Waals surface area contributed by atoms with Crippen LogP contribution in [0, 0.1) is 12.7 Å². The lowest BCUT2D eigenvalue weighted by atomic mass is 10.2. The molecule has 116 valence electrons. The van der Waals surface area contributed by atoms with E-state index in [-0.39, 0.29) is 11.7 Å². The molecule has 0 saturated carbocycles. The van der Waals surface area contributed by atoms with Crippen molar-refractivity contribution < 1.29 is 9.18 Å². The molecular formula is C16H24FN3O. The monoisotopic (exact) mass is 293 g/mol. The smallest absolute Gasteiger partial charge is 0.238 e. The summed E-state index contributed by atoms with van der Waals surface area (Å²) in [4.78, 5) is 14.4. The van der Waals surface area contributed by atoms with E-state index < -0.39 is 0 Å². The van der Waals surface area contributed by atoms with Gasteiger partial charge in [0.15, 0.2) is 0 Å². The normalized spacial score (nSPS) is 18.2. The fraction of sp³-hybridized carbons (Fsp3) is 0.562. The summed E-state index contributed by atoms with van der Waals surface area (Å²) in [5, 5.41) is 6.15. The molecule has 1 saturated heterocycles. The minimum Gasteiger partial charge on any atom is -0.325 e. The molecule has 1 aromatic carbocycles. The van der Waals surface area contributed by atoms with Crippen LogP contribution in [0.25, 0.3) is 0 Å². The lowest BCUT2D eigenvalue weighted by molar-refractivity contribution is -0.117. The first-order chi connectivity index (χ1) is 10.1. The van der Waals surface area contributed by atoms with Crippen molar-refractivity contribution in [1.82, 2.24) is 10.2 Å². The number of carbonyl (C=O) groups excluding carboxylic acids is 1. The van der Waals surface area contributed by atoms with E-state index in [4.69, 9.17) is 0 Å². The minimum atomic E-state index is -0.332. The molecule has 1 amide bonds. The van der Waals surface area contributed by atoms with Gasteiger partial charge in [-0.2, -0.15) is 0 Å². The number of nitrogens with zero attached hydrogens (tertiary/aromatic N) is 1. The van der Waals surface area contributed by atoms with Crippen LogP contribution in [0.4, 0.5) is 10.1 Å². The van der Waals surface area contributed by atoms with Crippen LogP contribution in [0.15, 0.2) is 18.2 Å². The predicted molar refractivity (Wildman–Crippen MR) is 82.9 cm³/mol. The number of hydrogen-bond donors (Lipinski definition) is 2. The zero-order chi connectivity index (χ0) is 15.2. The maximum absolute atomic E-state index is 13.3. The Morgan fingerprint density at radius 1 is 1.52 bits per heavy atom. The summed E-state index contributed by atoms with van der Waals surface area (Å²) >= 11 is 0. The number of halogens is 1. The molecular weight excluding hydrogens is 269 g/mol. The second-order valence-corrected chi connectivity index (χ2v) is 5.62. The summed E-state index contributed by atoms with van der Waals surface area (Å²) in [7, 11) is 0. The van der Waals surface area contributed by atoms with Crippen LogP contribution in [-0.2, 0) is 4.79 Å². The fourth-order valence-electron chi connectivity index (χ4n) is 2.73. The molecule has 2 rings (SSSR count). The second-order valence-electron chi connectivity index (χ2n) is 5.62. The van der Waals surface area contributed by atoms with Crippen molar-refractivity contribution in [2.75, 3.05) is 31.5 Å². The van der Waals surface area contributed by atoms with Gasteiger partial charge in [0.1, 0.15) is 5.82 Å². The predicted octanol–water partition coefficient (Wildman–Crippen LogP) is 2.15. The van der Waals surface area contributed by atoms with Crippen molar-refractivity contribution in [3.8, 4) is 0 Å². The highest BCUT2D eigenvalue weighted by Crippen LogP contribution is 2.16. The van der Waals surface area contributed by atoms with Gasteiger partial charge in [-0.3, -0.25) is 9.69 Å². The van der Waals surface area contributed by atoms with E-state index in [0.717, 1.165) is 38.0 Å². The van der Waals surface area contributed by atoms with Crippen molar-refractivity contribution in [3.05, 3.63) is 29.6 Å². The van der Waals surface area contributed by atoms with E-state index in [1.165, 1.54) is 12.1 Å². The molecule has 4 nitrogen and oxygen atoms in total. The Morgan fingerprint density at radius 2 is 2.33 bits per heavy atom. The molecule has 0 aliphatic carbocycles. The topological polar surface area (TPSA) is 44.4 Å². The van der Waals surface area contributed by atoms with Crippen LogP contribution in [0.1, 0.15) is 25.3 Å². The van der Waals surface area contributed by atoms with Crippen molar-refractivity contribution >= 4 is 11.6 Å². The van der Waals surface area contributed by atoms with Crippen molar-refractivity contribution in [2.24, 2.45) is 0 Å². The Balaban J connectivity index is 1.96. The van der Waals surface area contributed by atoms with Gasteiger partial charge >= 0.3 is 0 Å². The van der Waals surface area contributed by atoms with Gasteiger partial charge in [-0.1, -0.05) is 13.0 Å². The Bertz CT molecular complexity index is 486. The molecule has 1 fully saturated rings. The summed E-state index contributed by atoms with van der Waals surface area (Å²) < 4.78 is 13.3. The lowest BCUT2D eigenvalue weighted by Gasteiger charge is -2.27. The molecule has 21 heavy (non-hydrogen) atoms. The van der Waals surface area contributed by atoms with E-state index in [1.54, 1.807) is 6.07 Å². The van der Waals surface area contributed by atoms with Gasteiger partial charge < -0.3 is 10.6 Å². The number of aryl methyl sites for hydroxylation is 1. The standard InChI is InChI=1S/C16H24FN3O/c1-3-8-20(14-6-7-18-10-14)11-16(21)19-15-9-13(17)5-4-12(15)2/h4-5,9,14,18H,3,6-8,10-11H2,1-2H3,(H,19,21). The third-order valence-corrected chi connectivity index (χ3v) is 3.88. The van der Waals surface area contributed by atoms with Gasteiger partial charge in [0.2, 0.25) is 5.91 Å². The van der Waals surface area contributed by atoms with Crippen molar-refractivity contribution in [1.29, 1.82) is 0 Å². The fourth-order valence-corrected chi connectivity index (χ4v) is 2.73. The summed E-state index contributed by atoms with van der Waals surface area (Å²) in [6.07, 6.45) is 2.09. The molecule has 1 aliphatic heterocycles. The first-order valence-corrected chi connectivity index (χ1v) is 7.61. The van der Waals surface area contributed by atoms with Gasteiger partial charge in [0.25, 0.3) is 0 Å². The van der Waals surface area contributed by atoms with Crippen LogP contribution in [-0.4, -0.2) is 43.0 Å². The lowest BCUT2D eigenvalue weighted by Crippen LogP contribution is -2.42. The Morgan fingerprint density at radius 3 is 3.00 bits per heavy atom. The number of benzene rings is 1. The SMILES string of the molecule is CCCN(CC(=O)Nc1cc(F)ccc1C)C1CCNC1. The molecule has 2 N–H and O–H groups in total. The molecule has 1 aliphatic rings. The molecule has 0 radical (unpaired) electrons. The van der Waals surface area contributed by atoms with Gasteiger partial charge in [-0.25, -0.2) is 4.39 Å². The largest absolute Gasteiger partial charge is 0.325 e. The highest BCUT2D eigenvalue weighted by Gasteiger charge is 2.23. The average Bonchev–Trinajstić information content (AvgIpc) is 2.96. The van der Waals surface area contributed by atoms with Crippen LogP contribution >= 0.6 is 0 Å². The number of amides is 1. The van der Waals surface area contributed by atoms with E-state index in [2.05, 4.69) is 22.5 Å². The Kier molecular flexibility index (Phi) is 5.70. The van der Waals surface area contributed by atoms with E-state index in [1.807, 2.05) is 6.92 Å². The van der Waals surface area contributed by atoms with E-state index in [0.29, 0.717) is 18.3 Å². The Labute approximate surface area is 125 Å². The third kappa shape index (κ3) is 4.51. The van der Waals surface area contributed by atoms with Crippen LogP contribution in [0.5, 0.6) is 0 Å². The highest BCUT2D eigenvalue weighted by molar-refractivity contribution is 5.93. The van der Waals surface area contributed by atoms with Gasteiger partial charge in [-0.15, -0.1) is 0 Å². The maximum atomic E-state index is 13.3. The molecule has 5 heteroatoms. The molecule has 0 bridgehead atoms. The van der Waals surface area contributed by atoms with Crippen molar-refractivity contribution in [2.45, 2.75) is 32.7 Å². The zero-order valence-electron chi connectivity index (χ0n) is 12.8. The first-order valence-electron chi connectivity index (χ1n) is 7.61. The van der Waals surface area contributed by atoms with Gasteiger partial charge in [0, 0.05) is 18.3 Å². The summed E-state index contributed by atoms with van der Waals surface area (Å²) in [5.74, 6) is -0.412. The number of anilines is 1. The van der Waals surface area contributed by atoms with Gasteiger partial charge in [0.05, 0.1) is 6.54 Å². The molecule has 1 heterocycles. The maximum Gasteiger partial charge on any atom is 0.238 e. The number of hydrogen-bond acceptors (Lipinski definition) is 3. The average molecular weight is 293 g/mol. The van der Waals surface area contributed by atoms with E-state index in [9.17, 15) is 9.18 Å². The highest BCUT2D eigenvalue weighted by atomic mass is 19.1. The molecule has 1 unspecified atom stereocenters. The molecule has 0 aromatic heterocycles. The quantitative estimate of drug-likeness (QED) is 0.844. The zero-order valence-corrected chi connectivity index (χ0v) is 12.8. The van der Waals surface area contributed by atoms with E-state index >= 15 is 0 Å². The third-order valence-electron chi connectivity index (χ3n) is 3.88. The van der Waals surface area contributed by atoms with Crippen LogP contribution in [0.3, 0.4) is 0 Å². The van der Waals surface area contributed by atoms with Gasteiger partial charge in [-0.05, 0) is 50.6 Å². The number of nitrogens with one attached hydrogen (secondary N) is 2. The van der Waals surface area contributed by atoms with Crippen molar-refractivity contribution in [3.63, 3.8) is 0 Å². The first kappa shape index (κ1) is 15.9. The summed E-state index contributed by atoms with van der Waals surface area (Å²) in [6, 6.07) is 4.87. The summed E-state index contributed by atoms with van der Waals surface area (Å²) in [5.41, 5.74) is 1.43. The summed E-state index contributed by atoms with van der Waals surface area (Å²) in [6.45, 7) is 7.18. The molecule has 0 spiro atoms. The molecule has 1 atom stereocenters. The minimum absolute atomic E-state index is 0.0796.